The molecule has 13 heavy (non-hydrogen) atoms. The largest absolute Gasteiger partial charge is 0.277 e. The highest BCUT2D eigenvalue weighted by Gasteiger charge is 2.02. The standard InChI is InChI=1S/C11H17NO/c1-4-9-12(13-3)11-7-5-10(2)6-8-11/h5-8H,4,9H2,1-3H3. The fourth-order valence-electron chi connectivity index (χ4n) is 1.24. The fourth-order valence-corrected chi connectivity index (χ4v) is 1.24. The third kappa shape index (κ3) is 2.74. The zero-order valence-corrected chi connectivity index (χ0v) is 8.58. The van der Waals surface area contributed by atoms with Gasteiger partial charge in [0.15, 0.2) is 0 Å². The lowest BCUT2D eigenvalue weighted by Crippen LogP contribution is -2.22. The Labute approximate surface area is 80.1 Å². The van der Waals surface area contributed by atoms with Crippen LogP contribution in [0.5, 0.6) is 0 Å². The number of hydrogen-bond donors (Lipinski definition) is 0. The first kappa shape index (κ1) is 10.1. The predicted molar refractivity (Wildman–Crippen MR) is 55.8 cm³/mol. The molecule has 0 aliphatic rings. The molecule has 0 heterocycles. The van der Waals surface area contributed by atoms with E-state index in [0.717, 1.165) is 18.7 Å². The molecule has 0 fully saturated rings. The summed E-state index contributed by atoms with van der Waals surface area (Å²) in [5.41, 5.74) is 2.39. The van der Waals surface area contributed by atoms with Crippen LogP contribution in [0.3, 0.4) is 0 Å². The molecule has 0 aliphatic heterocycles. The Morgan fingerprint density at radius 3 is 2.31 bits per heavy atom. The third-order valence-electron chi connectivity index (χ3n) is 1.97. The lowest BCUT2D eigenvalue weighted by atomic mass is 10.2. The minimum absolute atomic E-state index is 0.930. The van der Waals surface area contributed by atoms with E-state index >= 15 is 0 Å². The Morgan fingerprint density at radius 2 is 1.85 bits per heavy atom. The zero-order chi connectivity index (χ0) is 9.68. The second kappa shape index (κ2) is 4.87. The van der Waals surface area contributed by atoms with E-state index in [1.165, 1.54) is 5.56 Å². The Morgan fingerprint density at radius 1 is 1.23 bits per heavy atom. The van der Waals surface area contributed by atoms with E-state index in [2.05, 4.69) is 38.1 Å². The Bertz CT molecular complexity index is 243. The maximum Gasteiger partial charge on any atom is 0.0639 e. The van der Waals surface area contributed by atoms with Crippen molar-refractivity contribution in [2.24, 2.45) is 0 Å². The number of rotatable bonds is 4. The van der Waals surface area contributed by atoms with Crippen LogP contribution in [0.15, 0.2) is 24.3 Å². The summed E-state index contributed by atoms with van der Waals surface area (Å²) in [6.45, 7) is 5.15. The average molecular weight is 179 g/mol. The van der Waals surface area contributed by atoms with Crippen molar-refractivity contribution in [2.75, 3.05) is 18.7 Å². The van der Waals surface area contributed by atoms with Crippen LogP contribution >= 0.6 is 0 Å². The van der Waals surface area contributed by atoms with Gasteiger partial charge in [-0.15, -0.1) is 0 Å². The van der Waals surface area contributed by atoms with Gasteiger partial charge in [0.1, 0.15) is 0 Å². The van der Waals surface area contributed by atoms with Gasteiger partial charge in [0.25, 0.3) is 0 Å². The van der Waals surface area contributed by atoms with Crippen LogP contribution in [0.4, 0.5) is 5.69 Å². The Kier molecular flexibility index (Phi) is 3.77. The number of hydroxylamine groups is 1. The molecule has 0 bridgehead atoms. The number of hydrogen-bond acceptors (Lipinski definition) is 2. The first-order valence-electron chi connectivity index (χ1n) is 4.66. The summed E-state index contributed by atoms with van der Waals surface area (Å²) in [7, 11) is 1.70. The van der Waals surface area contributed by atoms with E-state index in [0.29, 0.717) is 0 Å². The van der Waals surface area contributed by atoms with E-state index in [1.807, 2.05) is 5.06 Å². The maximum atomic E-state index is 5.25. The molecule has 1 rings (SSSR count). The maximum absolute atomic E-state index is 5.25. The summed E-state index contributed by atoms with van der Waals surface area (Å²) < 4.78 is 0. The summed E-state index contributed by atoms with van der Waals surface area (Å²) in [5, 5.41) is 1.90. The van der Waals surface area contributed by atoms with Crippen molar-refractivity contribution in [1.29, 1.82) is 0 Å². The molecular formula is C11H17NO. The third-order valence-corrected chi connectivity index (χ3v) is 1.97. The smallest absolute Gasteiger partial charge is 0.0639 e. The highest BCUT2D eigenvalue weighted by Crippen LogP contribution is 2.14. The predicted octanol–water partition coefficient (Wildman–Crippen LogP) is 2.77. The Hall–Kier alpha value is -1.02. The molecule has 0 aliphatic carbocycles. The summed E-state index contributed by atoms with van der Waals surface area (Å²) in [6, 6.07) is 8.34. The molecule has 0 atom stereocenters. The van der Waals surface area contributed by atoms with Crippen LogP contribution in [0.25, 0.3) is 0 Å². The summed E-state index contributed by atoms with van der Waals surface area (Å²) in [6.07, 6.45) is 1.09. The van der Waals surface area contributed by atoms with Crippen LogP contribution in [-0.2, 0) is 4.84 Å². The Balaban J connectivity index is 2.73. The fraction of sp³-hybridized carbons (Fsp3) is 0.455. The van der Waals surface area contributed by atoms with Crippen molar-refractivity contribution in [2.45, 2.75) is 20.3 Å². The molecule has 0 unspecified atom stereocenters. The van der Waals surface area contributed by atoms with E-state index in [-0.39, 0.29) is 0 Å². The van der Waals surface area contributed by atoms with Crippen LogP contribution in [0.2, 0.25) is 0 Å². The SMILES string of the molecule is CCCN(OC)c1ccc(C)cc1. The molecule has 0 saturated carbocycles. The first-order valence-corrected chi connectivity index (χ1v) is 4.66. The molecule has 0 N–H and O–H groups in total. The van der Waals surface area contributed by atoms with Crippen LogP contribution in [-0.4, -0.2) is 13.7 Å². The number of benzene rings is 1. The molecule has 1 aromatic carbocycles. The average Bonchev–Trinajstić information content (AvgIpc) is 2.16. The molecule has 0 radical (unpaired) electrons. The summed E-state index contributed by atoms with van der Waals surface area (Å²) >= 11 is 0. The highest BCUT2D eigenvalue weighted by atomic mass is 16.7. The second-order valence-electron chi connectivity index (χ2n) is 3.12. The van der Waals surface area contributed by atoms with Crippen LogP contribution in [0, 0.1) is 6.92 Å². The minimum Gasteiger partial charge on any atom is -0.277 e. The van der Waals surface area contributed by atoms with Gasteiger partial charge in [0, 0.05) is 6.54 Å². The molecular weight excluding hydrogens is 162 g/mol. The van der Waals surface area contributed by atoms with Gasteiger partial charge in [0.05, 0.1) is 12.8 Å². The topological polar surface area (TPSA) is 12.5 Å². The molecule has 2 heteroatoms. The van der Waals surface area contributed by atoms with E-state index in [4.69, 9.17) is 4.84 Å². The lowest BCUT2D eigenvalue weighted by molar-refractivity contribution is 0.167. The zero-order valence-electron chi connectivity index (χ0n) is 8.58. The van der Waals surface area contributed by atoms with E-state index < -0.39 is 0 Å². The second-order valence-corrected chi connectivity index (χ2v) is 3.12. The minimum atomic E-state index is 0.930. The van der Waals surface area contributed by atoms with Gasteiger partial charge < -0.3 is 0 Å². The lowest BCUT2D eigenvalue weighted by Gasteiger charge is -2.20. The molecule has 72 valence electrons. The highest BCUT2D eigenvalue weighted by molar-refractivity contribution is 5.44. The van der Waals surface area contributed by atoms with Crippen LogP contribution in [0.1, 0.15) is 18.9 Å². The molecule has 0 saturated heterocycles. The van der Waals surface area contributed by atoms with Crippen molar-refractivity contribution in [1.82, 2.24) is 0 Å². The van der Waals surface area contributed by atoms with Gasteiger partial charge in [-0.2, -0.15) is 0 Å². The molecule has 2 nitrogen and oxygen atoms in total. The number of anilines is 1. The van der Waals surface area contributed by atoms with Crippen molar-refractivity contribution in [3.8, 4) is 0 Å². The molecule has 1 aromatic rings. The normalized spacial score (nSPS) is 10.1. The van der Waals surface area contributed by atoms with Gasteiger partial charge in [-0.3, -0.25) is 9.90 Å². The first-order chi connectivity index (χ1) is 6.27. The monoisotopic (exact) mass is 179 g/mol. The van der Waals surface area contributed by atoms with Crippen molar-refractivity contribution >= 4 is 5.69 Å². The quantitative estimate of drug-likeness (QED) is 0.659. The van der Waals surface area contributed by atoms with Crippen molar-refractivity contribution in [3.63, 3.8) is 0 Å². The molecule has 0 amide bonds. The summed E-state index contributed by atoms with van der Waals surface area (Å²) in [4.78, 5) is 5.25. The van der Waals surface area contributed by atoms with E-state index in [1.54, 1.807) is 7.11 Å². The van der Waals surface area contributed by atoms with Gasteiger partial charge in [0.2, 0.25) is 0 Å². The van der Waals surface area contributed by atoms with Gasteiger partial charge in [-0.1, -0.05) is 24.6 Å². The van der Waals surface area contributed by atoms with Gasteiger partial charge >= 0.3 is 0 Å². The van der Waals surface area contributed by atoms with E-state index in [9.17, 15) is 0 Å². The number of nitrogens with zero attached hydrogens (tertiary/aromatic N) is 1. The van der Waals surface area contributed by atoms with Gasteiger partial charge in [-0.05, 0) is 25.5 Å². The number of aryl methyl sites for hydroxylation is 1. The molecule has 0 spiro atoms. The summed E-state index contributed by atoms with van der Waals surface area (Å²) in [5.74, 6) is 0. The van der Waals surface area contributed by atoms with Crippen molar-refractivity contribution < 1.29 is 4.84 Å². The van der Waals surface area contributed by atoms with Gasteiger partial charge in [-0.25, -0.2) is 0 Å². The van der Waals surface area contributed by atoms with Crippen molar-refractivity contribution in [3.05, 3.63) is 29.8 Å². The molecule has 0 aromatic heterocycles. The van der Waals surface area contributed by atoms with Crippen LogP contribution < -0.4 is 5.06 Å².